The van der Waals surface area contributed by atoms with Crippen molar-refractivity contribution in [2.75, 3.05) is 6.54 Å². The molecule has 0 saturated carbocycles. The second-order valence-electron chi connectivity index (χ2n) is 1.02. The minimum absolute atomic E-state index is 0.0278. The normalized spacial score (nSPS) is 6.67. The van der Waals surface area contributed by atoms with Gasteiger partial charge in [-0.2, -0.15) is 0 Å². The molecule has 6 heavy (non-hydrogen) atoms. The number of carbonyl (C=O) groups excluding carboxylic acids is 1. The Morgan fingerprint density at radius 1 is 2.00 bits per heavy atom. The van der Waals surface area contributed by atoms with Gasteiger partial charge in [-0.15, -0.1) is 0 Å². The Kier molecular flexibility index (Phi) is 2.06. The lowest BCUT2D eigenvalue weighted by molar-refractivity contribution is -0.115. The van der Waals surface area contributed by atoms with E-state index in [-0.39, 0.29) is 12.3 Å². The average Bonchev–Trinajstić information content (AvgIpc) is 1.35. The highest BCUT2D eigenvalue weighted by Gasteiger charge is 1.88. The number of hydrogen-bond donors (Lipinski definition) is 0. The van der Waals surface area contributed by atoms with Crippen LogP contribution in [0.2, 0.25) is 0 Å². The summed E-state index contributed by atoms with van der Waals surface area (Å²) in [6, 6.07) is 0. The first kappa shape index (κ1) is 5.16. The van der Waals surface area contributed by atoms with Gasteiger partial charge >= 0.3 is 0 Å². The lowest BCUT2D eigenvalue weighted by Crippen LogP contribution is -1.89. The van der Waals surface area contributed by atoms with Crippen molar-refractivity contribution in [3.8, 4) is 0 Å². The summed E-state index contributed by atoms with van der Waals surface area (Å²) in [5.74, 6) is -0.0648. The molecule has 0 aliphatic rings. The van der Waals surface area contributed by atoms with Crippen LogP contribution >= 0.6 is 0 Å². The molecule has 0 radical (unpaired) electrons. The maximum Gasteiger partial charge on any atom is 0.271 e. The van der Waals surface area contributed by atoms with Crippen molar-refractivity contribution < 1.29 is 4.79 Å². The molecule has 0 rings (SSSR count). The first-order valence-corrected chi connectivity index (χ1v) is 1.60. The molecule has 0 aliphatic carbocycles. The van der Waals surface area contributed by atoms with E-state index in [1.807, 2.05) is 0 Å². The third-order valence-electron chi connectivity index (χ3n) is 0.302. The van der Waals surface area contributed by atoms with E-state index in [1.54, 1.807) is 0 Å². The predicted octanol–water partition coefficient (Wildman–Crippen LogP) is 0.495. The number of ketones is 1. The van der Waals surface area contributed by atoms with E-state index in [0.717, 1.165) is 0 Å². The number of Topliss-reactive ketones (excluding diaryl/α,β-unsaturated/α-hetero) is 1. The van der Waals surface area contributed by atoms with Crippen molar-refractivity contribution in [1.29, 1.82) is 0 Å². The van der Waals surface area contributed by atoms with Crippen molar-refractivity contribution in [1.82, 2.24) is 0 Å². The fourth-order valence-electron chi connectivity index (χ4n) is 0.111. The molecular formula is C4H5NO. The van der Waals surface area contributed by atoms with Gasteiger partial charge in [0.1, 0.15) is 0 Å². The minimum atomic E-state index is -0.0648. The molecule has 32 valence electrons. The van der Waals surface area contributed by atoms with Crippen molar-refractivity contribution in [2.24, 2.45) is 0 Å². The molecule has 0 spiro atoms. The Morgan fingerprint density at radius 3 is 2.50 bits per heavy atom. The molecule has 0 heterocycles. The van der Waals surface area contributed by atoms with E-state index < -0.39 is 0 Å². The summed E-state index contributed by atoms with van der Waals surface area (Å²) < 4.78 is 0. The second-order valence-corrected chi connectivity index (χ2v) is 1.02. The highest BCUT2D eigenvalue weighted by Crippen LogP contribution is 1.66. The van der Waals surface area contributed by atoms with Gasteiger partial charge in [0, 0.05) is 6.92 Å². The molecule has 0 aromatic rings. The Balaban J connectivity index is 3.13. The van der Waals surface area contributed by atoms with Gasteiger partial charge in [-0.25, -0.2) is 6.57 Å². The fourth-order valence-corrected chi connectivity index (χ4v) is 0.111. The molecule has 0 amide bonds. The summed E-state index contributed by atoms with van der Waals surface area (Å²) in [5, 5.41) is 0. The summed E-state index contributed by atoms with van der Waals surface area (Å²) in [5.41, 5.74) is 0. The van der Waals surface area contributed by atoms with E-state index in [1.165, 1.54) is 6.92 Å². The predicted molar refractivity (Wildman–Crippen MR) is 22.1 cm³/mol. The summed E-state index contributed by atoms with van der Waals surface area (Å²) >= 11 is 0. The standard InChI is InChI=1S/C4H5NO/c1-4(6)3-5-2/h3H2,1H3. The van der Waals surface area contributed by atoms with Crippen molar-refractivity contribution in [2.45, 2.75) is 6.92 Å². The topological polar surface area (TPSA) is 21.4 Å². The van der Waals surface area contributed by atoms with Gasteiger partial charge in [0.25, 0.3) is 6.54 Å². The number of hydrogen-bond acceptors (Lipinski definition) is 1. The second kappa shape index (κ2) is 2.40. The van der Waals surface area contributed by atoms with Crippen molar-refractivity contribution in [3.05, 3.63) is 11.4 Å². The lowest BCUT2D eigenvalue weighted by Gasteiger charge is -1.68. The average molecular weight is 83.1 g/mol. The van der Waals surface area contributed by atoms with Crippen LogP contribution in [0.3, 0.4) is 0 Å². The van der Waals surface area contributed by atoms with Crippen LogP contribution in [0.4, 0.5) is 0 Å². The van der Waals surface area contributed by atoms with E-state index in [4.69, 9.17) is 6.57 Å². The third kappa shape index (κ3) is 3.16. The van der Waals surface area contributed by atoms with Gasteiger partial charge in [-0.05, 0) is 0 Å². The van der Waals surface area contributed by atoms with E-state index in [2.05, 4.69) is 4.85 Å². The number of carbonyl (C=O) groups is 1. The maximum atomic E-state index is 9.83. The van der Waals surface area contributed by atoms with Crippen LogP contribution in [0, 0.1) is 6.57 Å². The first-order valence-electron chi connectivity index (χ1n) is 1.60. The SMILES string of the molecule is [C-]#[N+]CC(C)=O. The molecule has 0 aromatic heterocycles. The van der Waals surface area contributed by atoms with E-state index in [9.17, 15) is 4.79 Å². The van der Waals surface area contributed by atoms with Gasteiger partial charge in [0.05, 0.1) is 0 Å². The van der Waals surface area contributed by atoms with Crippen LogP contribution in [0.15, 0.2) is 0 Å². The molecule has 2 nitrogen and oxygen atoms in total. The summed E-state index contributed by atoms with van der Waals surface area (Å²) in [6.07, 6.45) is 0. The van der Waals surface area contributed by atoms with Crippen LogP contribution in [0.5, 0.6) is 0 Å². The Morgan fingerprint density at radius 2 is 2.50 bits per heavy atom. The zero-order chi connectivity index (χ0) is 4.99. The Labute approximate surface area is 36.6 Å². The van der Waals surface area contributed by atoms with E-state index in [0.29, 0.717) is 0 Å². The zero-order valence-electron chi connectivity index (χ0n) is 3.56. The molecule has 0 unspecified atom stereocenters. The van der Waals surface area contributed by atoms with Crippen LogP contribution in [0.1, 0.15) is 6.92 Å². The molecule has 2 heteroatoms. The minimum Gasteiger partial charge on any atom is -0.309 e. The first-order chi connectivity index (χ1) is 2.77. The summed E-state index contributed by atoms with van der Waals surface area (Å²) in [4.78, 5) is 12.7. The number of rotatable bonds is 1. The summed E-state index contributed by atoms with van der Waals surface area (Å²) in [7, 11) is 0. The molecule has 0 aromatic carbocycles. The highest BCUT2D eigenvalue weighted by atomic mass is 16.1. The van der Waals surface area contributed by atoms with Gasteiger partial charge < -0.3 is 4.85 Å². The molecule has 0 N–H and O–H groups in total. The molecule has 0 atom stereocenters. The van der Waals surface area contributed by atoms with Crippen LogP contribution in [0.25, 0.3) is 4.85 Å². The molecule has 0 aliphatic heterocycles. The highest BCUT2D eigenvalue weighted by molar-refractivity contribution is 5.78. The number of nitrogens with zero attached hydrogens (tertiary/aromatic N) is 1. The van der Waals surface area contributed by atoms with Crippen LogP contribution in [-0.2, 0) is 4.79 Å². The quantitative estimate of drug-likeness (QED) is 0.423. The molecular weight excluding hydrogens is 78.0 g/mol. The van der Waals surface area contributed by atoms with Gasteiger partial charge in [0.15, 0.2) is 0 Å². The lowest BCUT2D eigenvalue weighted by atomic mass is 10.5. The monoisotopic (exact) mass is 83.0 g/mol. The Hall–Kier alpha value is -0.840. The van der Waals surface area contributed by atoms with Crippen molar-refractivity contribution in [3.63, 3.8) is 0 Å². The van der Waals surface area contributed by atoms with Crippen LogP contribution in [-0.4, -0.2) is 12.3 Å². The molecule has 0 bridgehead atoms. The largest absolute Gasteiger partial charge is 0.309 e. The smallest absolute Gasteiger partial charge is 0.271 e. The molecule has 0 fully saturated rings. The van der Waals surface area contributed by atoms with Crippen molar-refractivity contribution >= 4 is 5.78 Å². The Bertz CT molecular complexity index is 90.2. The molecule has 0 saturated heterocycles. The van der Waals surface area contributed by atoms with Gasteiger partial charge in [0.2, 0.25) is 5.78 Å². The van der Waals surface area contributed by atoms with Gasteiger partial charge in [-0.3, -0.25) is 4.79 Å². The third-order valence-corrected chi connectivity index (χ3v) is 0.302. The van der Waals surface area contributed by atoms with Crippen LogP contribution < -0.4 is 0 Å². The van der Waals surface area contributed by atoms with E-state index >= 15 is 0 Å². The zero-order valence-corrected chi connectivity index (χ0v) is 3.56. The maximum absolute atomic E-state index is 9.83. The summed E-state index contributed by atoms with van der Waals surface area (Å²) in [6.45, 7) is 7.57. The fraction of sp³-hybridized carbons (Fsp3) is 0.500. The van der Waals surface area contributed by atoms with Gasteiger partial charge in [-0.1, -0.05) is 0 Å².